The lowest BCUT2D eigenvalue weighted by Crippen LogP contribution is -2.49. The van der Waals surface area contributed by atoms with Gasteiger partial charge < -0.3 is 15.1 Å². The molecule has 0 atom stereocenters. The molecule has 0 saturated carbocycles. The molecule has 1 aliphatic heterocycles. The molecule has 0 radical (unpaired) electrons. The maximum absolute atomic E-state index is 12.6. The van der Waals surface area contributed by atoms with E-state index in [4.69, 9.17) is 0 Å². The van der Waals surface area contributed by atoms with E-state index in [-0.39, 0.29) is 18.2 Å². The molecular weight excluding hydrogens is 350 g/mol. The average molecular weight is 380 g/mol. The summed E-state index contributed by atoms with van der Waals surface area (Å²) in [7, 11) is 0. The number of carbonyl (C=O) groups excluding carboxylic acids is 2. The Hall–Kier alpha value is -2.82. The number of anilines is 2. The Bertz CT molecular complexity index is 790. The Morgan fingerprint density at radius 2 is 1.46 bits per heavy atom. The second kappa shape index (κ2) is 9.40. The molecule has 3 rings (SSSR count). The maximum Gasteiger partial charge on any atom is 0.233 e. The van der Waals surface area contributed by atoms with Gasteiger partial charge in [0.1, 0.15) is 6.42 Å². The first-order valence-corrected chi connectivity index (χ1v) is 10.1. The first-order valence-electron chi connectivity index (χ1n) is 10.1. The van der Waals surface area contributed by atoms with Crippen molar-refractivity contribution >= 4 is 23.2 Å². The van der Waals surface area contributed by atoms with Crippen LogP contribution in [0, 0.1) is 0 Å². The minimum atomic E-state index is -0.230. The van der Waals surface area contributed by atoms with Gasteiger partial charge in [0.2, 0.25) is 11.8 Å². The molecule has 0 bridgehead atoms. The SMILES string of the molecule is CCc1cccc(CC)c1NC(=O)CC(=O)N1CCN(c2ccccc2)CC1. The second-order valence-electron chi connectivity index (χ2n) is 7.09. The molecular formula is C23H29N3O2. The molecule has 148 valence electrons. The second-order valence-corrected chi connectivity index (χ2v) is 7.09. The molecule has 0 aromatic heterocycles. The highest BCUT2D eigenvalue weighted by atomic mass is 16.2. The molecule has 2 aromatic carbocycles. The summed E-state index contributed by atoms with van der Waals surface area (Å²) in [6.45, 7) is 7.01. The Morgan fingerprint density at radius 3 is 2.04 bits per heavy atom. The summed E-state index contributed by atoms with van der Waals surface area (Å²) in [4.78, 5) is 29.2. The number of amides is 2. The summed E-state index contributed by atoms with van der Waals surface area (Å²) in [5, 5.41) is 2.99. The molecule has 1 saturated heterocycles. The van der Waals surface area contributed by atoms with E-state index in [0.29, 0.717) is 13.1 Å². The predicted molar refractivity (Wildman–Crippen MR) is 114 cm³/mol. The van der Waals surface area contributed by atoms with Crippen molar-refractivity contribution in [2.75, 3.05) is 36.4 Å². The van der Waals surface area contributed by atoms with Gasteiger partial charge in [-0.15, -0.1) is 0 Å². The lowest BCUT2D eigenvalue weighted by Gasteiger charge is -2.36. The molecule has 0 spiro atoms. The van der Waals surface area contributed by atoms with Crippen molar-refractivity contribution in [2.45, 2.75) is 33.1 Å². The van der Waals surface area contributed by atoms with E-state index in [1.54, 1.807) is 4.90 Å². The van der Waals surface area contributed by atoms with Crippen LogP contribution in [0.4, 0.5) is 11.4 Å². The zero-order valence-corrected chi connectivity index (χ0v) is 16.8. The third-order valence-corrected chi connectivity index (χ3v) is 5.33. The average Bonchev–Trinajstić information content (AvgIpc) is 2.74. The quantitative estimate of drug-likeness (QED) is 0.782. The number of benzene rings is 2. The van der Waals surface area contributed by atoms with Crippen LogP contribution in [0.1, 0.15) is 31.4 Å². The van der Waals surface area contributed by atoms with Gasteiger partial charge in [0.15, 0.2) is 0 Å². The number of piperazine rings is 1. The number of nitrogens with one attached hydrogen (secondary N) is 1. The fraction of sp³-hybridized carbons (Fsp3) is 0.391. The van der Waals surface area contributed by atoms with E-state index < -0.39 is 0 Å². The van der Waals surface area contributed by atoms with Crippen LogP contribution in [0.25, 0.3) is 0 Å². The summed E-state index contributed by atoms with van der Waals surface area (Å²) in [6.07, 6.45) is 1.59. The van der Waals surface area contributed by atoms with Crippen molar-refractivity contribution in [1.82, 2.24) is 4.90 Å². The van der Waals surface area contributed by atoms with Crippen LogP contribution < -0.4 is 10.2 Å². The molecule has 1 fully saturated rings. The van der Waals surface area contributed by atoms with Gasteiger partial charge in [0.25, 0.3) is 0 Å². The van der Waals surface area contributed by atoms with Crippen LogP contribution >= 0.6 is 0 Å². The van der Waals surface area contributed by atoms with Crippen molar-refractivity contribution < 1.29 is 9.59 Å². The minimum absolute atomic E-state index is 0.0998. The lowest BCUT2D eigenvalue weighted by atomic mass is 10.0. The fourth-order valence-electron chi connectivity index (χ4n) is 3.69. The van der Waals surface area contributed by atoms with E-state index in [1.165, 1.54) is 5.69 Å². The van der Waals surface area contributed by atoms with Crippen LogP contribution in [0.15, 0.2) is 48.5 Å². The zero-order chi connectivity index (χ0) is 19.9. The van der Waals surface area contributed by atoms with E-state index in [0.717, 1.165) is 42.7 Å². The van der Waals surface area contributed by atoms with E-state index in [9.17, 15) is 9.59 Å². The predicted octanol–water partition coefficient (Wildman–Crippen LogP) is 3.49. The van der Waals surface area contributed by atoms with Crippen molar-refractivity contribution in [3.63, 3.8) is 0 Å². The van der Waals surface area contributed by atoms with E-state index in [1.807, 2.05) is 36.4 Å². The van der Waals surface area contributed by atoms with Crippen LogP contribution in [-0.4, -0.2) is 42.9 Å². The minimum Gasteiger partial charge on any atom is -0.368 e. The Morgan fingerprint density at radius 1 is 0.857 bits per heavy atom. The first-order chi connectivity index (χ1) is 13.6. The number of para-hydroxylation sites is 2. The first kappa shape index (κ1) is 19.9. The molecule has 5 heteroatoms. The Balaban J connectivity index is 1.55. The van der Waals surface area contributed by atoms with E-state index in [2.05, 4.69) is 36.2 Å². The van der Waals surface area contributed by atoms with Gasteiger partial charge in [-0.2, -0.15) is 0 Å². The normalized spacial score (nSPS) is 14.1. The highest BCUT2D eigenvalue weighted by Crippen LogP contribution is 2.23. The molecule has 0 aliphatic carbocycles. The van der Waals surface area contributed by atoms with Gasteiger partial charge >= 0.3 is 0 Å². The van der Waals surface area contributed by atoms with Gasteiger partial charge in [-0.3, -0.25) is 9.59 Å². The Labute approximate surface area is 167 Å². The van der Waals surface area contributed by atoms with Gasteiger partial charge in [0.05, 0.1) is 0 Å². The molecule has 2 amide bonds. The van der Waals surface area contributed by atoms with Gasteiger partial charge in [0, 0.05) is 37.6 Å². The zero-order valence-electron chi connectivity index (χ0n) is 16.8. The summed E-state index contributed by atoms with van der Waals surface area (Å²) >= 11 is 0. The van der Waals surface area contributed by atoms with Crippen molar-refractivity contribution in [3.05, 3.63) is 59.7 Å². The van der Waals surface area contributed by atoms with Gasteiger partial charge in [-0.1, -0.05) is 50.2 Å². The van der Waals surface area contributed by atoms with Gasteiger partial charge in [-0.25, -0.2) is 0 Å². The topological polar surface area (TPSA) is 52.7 Å². The van der Waals surface area contributed by atoms with Crippen LogP contribution in [0.2, 0.25) is 0 Å². The molecule has 2 aromatic rings. The third-order valence-electron chi connectivity index (χ3n) is 5.33. The Kier molecular flexibility index (Phi) is 6.69. The number of carbonyl (C=O) groups is 2. The summed E-state index contributed by atoms with van der Waals surface area (Å²) in [6, 6.07) is 16.3. The van der Waals surface area contributed by atoms with Crippen molar-refractivity contribution in [3.8, 4) is 0 Å². The van der Waals surface area contributed by atoms with Gasteiger partial charge in [-0.05, 0) is 36.1 Å². The van der Waals surface area contributed by atoms with Crippen molar-refractivity contribution in [1.29, 1.82) is 0 Å². The number of hydrogen-bond acceptors (Lipinski definition) is 3. The van der Waals surface area contributed by atoms with Crippen LogP contribution in [0.5, 0.6) is 0 Å². The molecule has 0 unspecified atom stereocenters. The standard InChI is InChI=1S/C23H29N3O2/c1-3-18-9-8-10-19(4-2)23(18)24-21(27)17-22(28)26-15-13-25(14-16-26)20-11-6-5-7-12-20/h5-12H,3-4,13-17H2,1-2H3,(H,24,27). The molecule has 28 heavy (non-hydrogen) atoms. The molecule has 1 N–H and O–H groups in total. The maximum atomic E-state index is 12.6. The smallest absolute Gasteiger partial charge is 0.233 e. The van der Waals surface area contributed by atoms with Crippen LogP contribution in [-0.2, 0) is 22.4 Å². The highest BCUT2D eigenvalue weighted by Gasteiger charge is 2.23. The monoisotopic (exact) mass is 379 g/mol. The fourth-order valence-corrected chi connectivity index (χ4v) is 3.69. The number of hydrogen-bond donors (Lipinski definition) is 1. The molecule has 1 aliphatic rings. The molecule has 1 heterocycles. The largest absolute Gasteiger partial charge is 0.368 e. The van der Waals surface area contributed by atoms with Crippen LogP contribution in [0.3, 0.4) is 0 Å². The van der Waals surface area contributed by atoms with Crippen molar-refractivity contribution in [2.24, 2.45) is 0 Å². The number of aryl methyl sites for hydroxylation is 2. The third kappa shape index (κ3) is 4.71. The lowest BCUT2D eigenvalue weighted by molar-refractivity contribution is -0.134. The molecule has 5 nitrogen and oxygen atoms in total. The number of nitrogens with zero attached hydrogens (tertiary/aromatic N) is 2. The number of rotatable bonds is 6. The summed E-state index contributed by atoms with van der Waals surface area (Å²) in [5.74, 6) is -0.330. The van der Waals surface area contributed by atoms with E-state index >= 15 is 0 Å². The highest BCUT2D eigenvalue weighted by molar-refractivity contribution is 6.04. The summed E-state index contributed by atoms with van der Waals surface area (Å²) in [5.41, 5.74) is 4.27. The summed E-state index contributed by atoms with van der Waals surface area (Å²) < 4.78 is 0.